The van der Waals surface area contributed by atoms with Crippen molar-refractivity contribution in [2.45, 2.75) is 25.1 Å². The van der Waals surface area contributed by atoms with Crippen LogP contribution < -0.4 is 10.6 Å². The number of aldehydes is 1. The van der Waals surface area contributed by atoms with Gasteiger partial charge >= 0.3 is 0 Å². The van der Waals surface area contributed by atoms with Crippen LogP contribution in [0.4, 0.5) is 5.82 Å². The third-order valence-electron chi connectivity index (χ3n) is 3.44. The highest BCUT2D eigenvalue weighted by Gasteiger charge is 2.21. The quantitative estimate of drug-likeness (QED) is 0.615. The van der Waals surface area contributed by atoms with E-state index >= 15 is 0 Å². The molecule has 2 N–H and O–H groups in total. The van der Waals surface area contributed by atoms with Crippen LogP contribution in [0.25, 0.3) is 0 Å². The molecule has 0 spiro atoms. The highest BCUT2D eigenvalue weighted by molar-refractivity contribution is 8.13. The zero-order chi connectivity index (χ0) is 14.5. The summed E-state index contributed by atoms with van der Waals surface area (Å²) < 4.78 is 7.25. The molecule has 2 aliphatic rings. The summed E-state index contributed by atoms with van der Waals surface area (Å²) in [7, 11) is 0. The molecule has 1 saturated heterocycles. The first-order valence-corrected chi connectivity index (χ1v) is 8.14. The lowest BCUT2D eigenvalue weighted by atomic mass is 10.2. The molecule has 0 saturated carbocycles. The molecule has 3 rings (SSSR count). The number of aromatic nitrogens is 2. The molecule has 3 heterocycles. The zero-order valence-electron chi connectivity index (χ0n) is 11.7. The fourth-order valence-electron chi connectivity index (χ4n) is 2.38. The Morgan fingerprint density at radius 1 is 1.57 bits per heavy atom. The Morgan fingerprint density at radius 3 is 3.33 bits per heavy atom. The number of fused-ring (bicyclic) bond motifs is 1. The van der Waals surface area contributed by atoms with Gasteiger partial charge in [0.05, 0.1) is 18.9 Å². The van der Waals surface area contributed by atoms with Crippen LogP contribution in [0, 0.1) is 0 Å². The molecule has 0 aromatic carbocycles. The van der Waals surface area contributed by atoms with Crippen molar-refractivity contribution in [3.8, 4) is 0 Å². The topological polar surface area (TPSA) is 80.5 Å². The summed E-state index contributed by atoms with van der Waals surface area (Å²) in [4.78, 5) is 15.5. The van der Waals surface area contributed by atoms with Gasteiger partial charge in [-0.05, 0) is 12.8 Å². The number of hydrogen-bond donors (Lipinski definition) is 2. The number of rotatable bonds is 5. The molecule has 1 aromatic rings. The van der Waals surface area contributed by atoms with E-state index in [0.29, 0.717) is 11.9 Å². The van der Waals surface area contributed by atoms with Gasteiger partial charge in [-0.3, -0.25) is 4.79 Å². The van der Waals surface area contributed by atoms with Crippen molar-refractivity contribution in [2.75, 3.05) is 25.4 Å². The average molecular weight is 309 g/mol. The third kappa shape index (κ3) is 3.63. The van der Waals surface area contributed by atoms with E-state index in [4.69, 9.17) is 4.74 Å². The molecule has 0 aliphatic carbocycles. The number of aliphatic imine (C=N–C) groups is 1. The van der Waals surface area contributed by atoms with Crippen molar-refractivity contribution < 1.29 is 9.53 Å². The number of nitrogens with zero attached hydrogens (tertiary/aromatic N) is 3. The Morgan fingerprint density at radius 2 is 2.52 bits per heavy atom. The normalized spacial score (nSPS) is 24.9. The number of amidine groups is 1. The first-order chi connectivity index (χ1) is 10.4. The van der Waals surface area contributed by atoms with E-state index in [-0.39, 0.29) is 0 Å². The smallest absolute Gasteiger partial charge is 0.180 e. The minimum absolute atomic E-state index is 0.324. The Bertz CT molecular complexity index is 512. The van der Waals surface area contributed by atoms with Crippen LogP contribution in [-0.2, 0) is 9.53 Å². The number of carbonyl (C=O) groups is 1. The first-order valence-electron chi connectivity index (χ1n) is 7.16. The number of ether oxygens (including phenoxy) is 1. The predicted molar refractivity (Wildman–Crippen MR) is 81.9 cm³/mol. The van der Waals surface area contributed by atoms with Crippen molar-refractivity contribution in [3.63, 3.8) is 0 Å². The third-order valence-corrected chi connectivity index (χ3v) is 4.42. The molecular weight excluding hydrogens is 290 g/mol. The maximum absolute atomic E-state index is 11.1. The molecule has 7 nitrogen and oxygen atoms in total. The van der Waals surface area contributed by atoms with Crippen LogP contribution in [0.3, 0.4) is 0 Å². The van der Waals surface area contributed by atoms with Crippen molar-refractivity contribution in [1.82, 2.24) is 20.4 Å². The van der Waals surface area contributed by atoms with Crippen molar-refractivity contribution in [3.05, 3.63) is 12.3 Å². The molecule has 2 unspecified atom stereocenters. The maximum atomic E-state index is 11.1. The fraction of sp³-hybridized carbons (Fsp3) is 0.615. The Balaban J connectivity index is 1.46. The second-order valence-corrected chi connectivity index (χ2v) is 6.05. The van der Waals surface area contributed by atoms with Gasteiger partial charge < -0.3 is 15.4 Å². The largest absolute Gasteiger partial charge is 0.376 e. The monoisotopic (exact) mass is 309 g/mol. The summed E-state index contributed by atoms with van der Waals surface area (Å²) in [6.45, 7) is 2.69. The van der Waals surface area contributed by atoms with Gasteiger partial charge in [0.15, 0.2) is 23.4 Å². The van der Waals surface area contributed by atoms with E-state index in [0.717, 1.165) is 49.7 Å². The van der Waals surface area contributed by atoms with Crippen LogP contribution in [0.15, 0.2) is 17.3 Å². The van der Waals surface area contributed by atoms with Gasteiger partial charge in [-0.2, -0.15) is 5.10 Å². The summed E-state index contributed by atoms with van der Waals surface area (Å²) in [5.74, 6) is 1.67. The lowest BCUT2D eigenvalue weighted by Gasteiger charge is -2.24. The first kappa shape index (κ1) is 14.6. The molecule has 8 heteroatoms. The van der Waals surface area contributed by atoms with Crippen LogP contribution >= 0.6 is 11.8 Å². The van der Waals surface area contributed by atoms with Crippen molar-refractivity contribution >= 4 is 29.0 Å². The fourth-order valence-corrected chi connectivity index (χ4v) is 3.25. The van der Waals surface area contributed by atoms with Gasteiger partial charge in [0.2, 0.25) is 0 Å². The van der Waals surface area contributed by atoms with Gasteiger partial charge in [-0.1, -0.05) is 11.8 Å². The standard InChI is InChI=1S/C13H19N5O2S/c19-9-12-17-13(16-11-3-4-15-18(11)12)21-7-1-2-10-8-14-5-6-20-10/h3-4,9-10,12,14H,1-2,5-8H2,(H,16,17). The van der Waals surface area contributed by atoms with Crippen LogP contribution in [-0.4, -0.2) is 52.8 Å². The van der Waals surface area contributed by atoms with Gasteiger partial charge in [0.25, 0.3) is 0 Å². The van der Waals surface area contributed by atoms with Crippen LogP contribution in [0.5, 0.6) is 0 Å². The molecule has 1 fully saturated rings. The maximum Gasteiger partial charge on any atom is 0.180 e. The summed E-state index contributed by atoms with van der Waals surface area (Å²) >= 11 is 1.63. The number of thioether (sulfide) groups is 1. The number of morpholine rings is 1. The number of hydrogen-bond acceptors (Lipinski definition) is 7. The lowest BCUT2D eigenvalue weighted by Crippen LogP contribution is -2.38. The zero-order valence-corrected chi connectivity index (χ0v) is 12.5. The summed E-state index contributed by atoms with van der Waals surface area (Å²) in [6.07, 6.45) is 4.46. The SMILES string of the molecule is O=CC1NC(SCCCC2CNCCO2)=Nc2ccnn21. The van der Waals surface area contributed by atoms with E-state index in [1.54, 1.807) is 28.7 Å². The summed E-state index contributed by atoms with van der Waals surface area (Å²) in [6, 6.07) is 1.80. The summed E-state index contributed by atoms with van der Waals surface area (Å²) in [5.41, 5.74) is 0. The molecule has 0 radical (unpaired) electrons. The Kier molecular flexibility index (Phi) is 4.89. The Hall–Kier alpha value is -1.38. The van der Waals surface area contributed by atoms with Crippen molar-refractivity contribution in [1.29, 1.82) is 0 Å². The van der Waals surface area contributed by atoms with E-state index in [1.165, 1.54) is 0 Å². The molecule has 1 aromatic heterocycles. The van der Waals surface area contributed by atoms with Gasteiger partial charge in [0.1, 0.15) is 0 Å². The van der Waals surface area contributed by atoms with Gasteiger partial charge in [0, 0.05) is 24.9 Å². The highest BCUT2D eigenvalue weighted by Crippen LogP contribution is 2.23. The minimum atomic E-state index is -0.458. The highest BCUT2D eigenvalue weighted by atomic mass is 32.2. The molecule has 0 bridgehead atoms. The Labute approximate surface area is 127 Å². The minimum Gasteiger partial charge on any atom is -0.376 e. The van der Waals surface area contributed by atoms with E-state index in [2.05, 4.69) is 20.7 Å². The molecule has 2 atom stereocenters. The molecule has 2 aliphatic heterocycles. The summed E-state index contributed by atoms with van der Waals surface area (Å²) in [5, 5.41) is 11.3. The predicted octanol–water partition coefficient (Wildman–Crippen LogP) is 0.673. The van der Waals surface area contributed by atoms with Gasteiger partial charge in [-0.15, -0.1) is 0 Å². The van der Waals surface area contributed by atoms with Crippen LogP contribution in [0.1, 0.15) is 19.0 Å². The molecule has 21 heavy (non-hydrogen) atoms. The van der Waals surface area contributed by atoms with Crippen molar-refractivity contribution in [2.24, 2.45) is 4.99 Å². The molecule has 114 valence electrons. The van der Waals surface area contributed by atoms with E-state index in [1.807, 2.05) is 0 Å². The molecule has 0 amide bonds. The number of carbonyl (C=O) groups excluding carboxylic acids is 1. The molecular formula is C13H19N5O2S. The van der Waals surface area contributed by atoms with Crippen LogP contribution in [0.2, 0.25) is 0 Å². The van der Waals surface area contributed by atoms with Gasteiger partial charge in [-0.25, -0.2) is 9.67 Å². The number of nitrogens with one attached hydrogen (secondary N) is 2. The second-order valence-electron chi connectivity index (χ2n) is 4.96. The lowest BCUT2D eigenvalue weighted by molar-refractivity contribution is -0.111. The average Bonchev–Trinajstić information content (AvgIpc) is 3.00. The second kappa shape index (κ2) is 7.06. The van der Waals surface area contributed by atoms with E-state index in [9.17, 15) is 4.79 Å². The van der Waals surface area contributed by atoms with E-state index < -0.39 is 6.17 Å².